The minimum absolute atomic E-state index is 0.0622. The van der Waals surface area contributed by atoms with E-state index in [0.29, 0.717) is 25.0 Å². The molecule has 2 aromatic heterocycles. The third-order valence-corrected chi connectivity index (χ3v) is 7.10. The monoisotopic (exact) mass is 510 g/mol. The average molecular weight is 511 g/mol. The normalized spacial score (nSPS) is 19.7. The number of fused-ring (bicyclic) bond motifs is 1. The number of ether oxygens (including phenoxy) is 1. The van der Waals surface area contributed by atoms with Gasteiger partial charge in [-0.1, -0.05) is 13.8 Å². The van der Waals surface area contributed by atoms with Crippen LogP contribution in [0.1, 0.15) is 76.8 Å². The Morgan fingerprint density at radius 2 is 1.95 bits per heavy atom. The number of likely N-dealkylation sites (tertiary alicyclic amines) is 1. The quantitative estimate of drug-likeness (QED) is 0.540. The van der Waals surface area contributed by atoms with Crippen molar-refractivity contribution in [1.29, 1.82) is 0 Å². The molecule has 11 nitrogen and oxygen atoms in total. The van der Waals surface area contributed by atoms with Crippen LogP contribution in [0, 0.1) is 0 Å². The van der Waals surface area contributed by atoms with Crippen molar-refractivity contribution in [3.8, 4) is 0 Å². The number of hydrogen-bond acceptors (Lipinski definition) is 8. The number of alkyl carbamates (subject to hydrolysis) is 1. The molecule has 1 atom stereocenters. The number of nitrogens with zero attached hydrogens (tertiary/aromatic N) is 5. The van der Waals surface area contributed by atoms with Crippen molar-refractivity contribution < 1.29 is 14.3 Å². The molecule has 0 aromatic carbocycles. The van der Waals surface area contributed by atoms with E-state index in [4.69, 9.17) is 14.7 Å². The molecule has 11 heteroatoms. The number of nitrogens with one attached hydrogen (secondary N) is 3. The van der Waals surface area contributed by atoms with Gasteiger partial charge in [0.05, 0.1) is 11.7 Å². The van der Waals surface area contributed by atoms with Gasteiger partial charge in [0.2, 0.25) is 11.9 Å². The van der Waals surface area contributed by atoms with Crippen LogP contribution in [0.25, 0.3) is 0 Å². The molecule has 2 aliphatic heterocycles. The van der Waals surface area contributed by atoms with Crippen molar-refractivity contribution in [3.63, 3.8) is 0 Å². The number of carbonyl (C=O) groups excluding carboxylic acids is 2. The molecule has 0 radical (unpaired) electrons. The zero-order valence-corrected chi connectivity index (χ0v) is 22.4. The minimum Gasteiger partial charge on any atom is -0.444 e. The lowest BCUT2D eigenvalue weighted by atomic mass is 10.1. The van der Waals surface area contributed by atoms with E-state index in [1.165, 1.54) is 0 Å². The second-order valence-electron chi connectivity index (χ2n) is 11.6. The Balaban J connectivity index is 1.27. The van der Waals surface area contributed by atoms with Crippen LogP contribution in [0.5, 0.6) is 0 Å². The summed E-state index contributed by atoms with van der Waals surface area (Å²) in [4.78, 5) is 39.1. The van der Waals surface area contributed by atoms with Gasteiger partial charge in [0.1, 0.15) is 17.5 Å². The second kappa shape index (κ2) is 9.83. The van der Waals surface area contributed by atoms with E-state index in [0.717, 1.165) is 67.2 Å². The number of aryl methyl sites for hydroxylation is 1. The number of rotatable bonds is 6. The summed E-state index contributed by atoms with van der Waals surface area (Å²) in [5, 5.41) is 13.7. The van der Waals surface area contributed by atoms with Gasteiger partial charge in [-0.15, -0.1) is 0 Å². The standard InChI is InChI=1S/C26H38N8O3/c1-15(2)19-12-21(32-31-19)29-22-17-8-6-9-18(17)28-24(30-22)34-11-7-10-20(34)23(35)33-13-16(14-33)27-25(36)37-26(3,4)5/h12,15-16,20H,6-11,13-14H2,1-5H3,(H,27,36)(H2,28,29,30,31,32)/t20-/m0/s1. The van der Waals surface area contributed by atoms with E-state index in [2.05, 4.69) is 34.7 Å². The van der Waals surface area contributed by atoms with Crippen LogP contribution in [0.15, 0.2) is 6.07 Å². The summed E-state index contributed by atoms with van der Waals surface area (Å²) >= 11 is 0. The van der Waals surface area contributed by atoms with Crippen molar-refractivity contribution in [2.75, 3.05) is 29.9 Å². The van der Waals surface area contributed by atoms with Crippen LogP contribution in [0.2, 0.25) is 0 Å². The molecule has 0 saturated carbocycles. The number of aromatic nitrogens is 4. The molecule has 2 aromatic rings. The second-order valence-corrected chi connectivity index (χ2v) is 11.6. The minimum atomic E-state index is -0.550. The lowest BCUT2D eigenvalue weighted by Crippen LogP contribution is -2.64. The molecule has 5 rings (SSSR count). The maximum Gasteiger partial charge on any atom is 0.407 e. The molecule has 0 unspecified atom stereocenters. The summed E-state index contributed by atoms with van der Waals surface area (Å²) in [6, 6.07) is 1.62. The fraction of sp³-hybridized carbons (Fsp3) is 0.654. The van der Waals surface area contributed by atoms with Crippen molar-refractivity contribution in [1.82, 2.24) is 30.4 Å². The fourth-order valence-electron chi connectivity index (χ4n) is 5.17. The first kappa shape index (κ1) is 25.3. The summed E-state index contributed by atoms with van der Waals surface area (Å²) in [5.41, 5.74) is 2.70. The number of H-pyrrole nitrogens is 1. The molecule has 37 heavy (non-hydrogen) atoms. The molecular weight excluding hydrogens is 472 g/mol. The third kappa shape index (κ3) is 5.50. The van der Waals surface area contributed by atoms with E-state index < -0.39 is 11.7 Å². The largest absolute Gasteiger partial charge is 0.444 e. The van der Waals surface area contributed by atoms with Gasteiger partial charge < -0.3 is 25.2 Å². The molecule has 0 bridgehead atoms. The molecule has 2 fully saturated rings. The zero-order chi connectivity index (χ0) is 26.3. The molecule has 3 N–H and O–H groups in total. The van der Waals surface area contributed by atoms with Gasteiger partial charge >= 0.3 is 6.09 Å². The summed E-state index contributed by atoms with van der Waals surface area (Å²) in [7, 11) is 0. The van der Waals surface area contributed by atoms with Crippen LogP contribution in [0.3, 0.4) is 0 Å². The lowest BCUT2D eigenvalue weighted by Gasteiger charge is -2.42. The molecule has 0 spiro atoms. The Morgan fingerprint density at radius 3 is 2.65 bits per heavy atom. The highest BCUT2D eigenvalue weighted by molar-refractivity contribution is 5.86. The summed E-state index contributed by atoms with van der Waals surface area (Å²) in [5.74, 6) is 2.53. The highest BCUT2D eigenvalue weighted by Gasteiger charge is 2.41. The number of hydrogen-bond donors (Lipinski definition) is 3. The van der Waals surface area contributed by atoms with Crippen LogP contribution >= 0.6 is 0 Å². The first-order valence-electron chi connectivity index (χ1n) is 13.3. The SMILES string of the molecule is CC(C)c1cc(Nc2nc(N3CCC[C@H]3C(=O)N3CC(NC(=O)OC(C)(C)C)C3)nc3c2CCC3)n[nH]1. The van der Waals surface area contributed by atoms with Crippen LogP contribution in [0.4, 0.5) is 22.4 Å². The summed E-state index contributed by atoms with van der Waals surface area (Å²) in [6.07, 6.45) is 4.11. The molecular formula is C26H38N8O3. The van der Waals surface area contributed by atoms with Gasteiger partial charge in [-0.05, 0) is 58.8 Å². The Bertz CT molecular complexity index is 1170. The van der Waals surface area contributed by atoms with E-state index in [9.17, 15) is 9.59 Å². The topological polar surface area (TPSA) is 128 Å². The Kier molecular flexibility index (Phi) is 6.72. The predicted molar refractivity (Wildman–Crippen MR) is 140 cm³/mol. The van der Waals surface area contributed by atoms with Crippen LogP contribution in [-0.4, -0.2) is 74.4 Å². The molecule has 2 amide bonds. The van der Waals surface area contributed by atoms with Crippen molar-refractivity contribution >= 4 is 29.6 Å². The Morgan fingerprint density at radius 1 is 1.16 bits per heavy atom. The zero-order valence-electron chi connectivity index (χ0n) is 22.4. The van der Waals surface area contributed by atoms with Crippen LogP contribution < -0.4 is 15.5 Å². The molecule has 2 saturated heterocycles. The van der Waals surface area contributed by atoms with Gasteiger partial charge in [-0.2, -0.15) is 10.1 Å². The van der Waals surface area contributed by atoms with E-state index >= 15 is 0 Å². The highest BCUT2D eigenvalue weighted by Crippen LogP contribution is 2.33. The lowest BCUT2D eigenvalue weighted by molar-refractivity contribution is -0.137. The van der Waals surface area contributed by atoms with Crippen molar-refractivity contribution in [2.45, 2.75) is 90.3 Å². The molecule has 1 aliphatic carbocycles. The Labute approximate surface area is 217 Å². The van der Waals surface area contributed by atoms with Crippen molar-refractivity contribution in [2.24, 2.45) is 0 Å². The summed E-state index contributed by atoms with van der Waals surface area (Å²) in [6.45, 7) is 11.4. The van der Waals surface area contributed by atoms with E-state index in [1.54, 1.807) is 4.90 Å². The number of carbonyl (C=O) groups is 2. The molecule has 3 aliphatic rings. The van der Waals surface area contributed by atoms with Gasteiger partial charge in [0, 0.05) is 37.0 Å². The first-order valence-corrected chi connectivity index (χ1v) is 13.3. The van der Waals surface area contributed by atoms with Crippen molar-refractivity contribution in [3.05, 3.63) is 23.0 Å². The highest BCUT2D eigenvalue weighted by atomic mass is 16.6. The van der Waals surface area contributed by atoms with Gasteiger partial charge in [0.25, 0.3) is 0 Å². The van der Waals surface area contributed by atoms with Gasteiger partial charge in [-0.3, -0.25) is 9.89 Å². The fourth-order valence-corrected chi connectivity index (χ4v) is 5.17. The predicted octanol–water partition coefficient (Wildman–Crippen LogP) is 3.26. The van der Waals surface area contributed by atoms with E-state index in [1.807, 2.05) is 31.7 Å². The smallest absolute Gasteiger partial charge is 0.407 e. The number of amides is 2. The number of anilines is 3. The maximum atomic E-state index is 13.4. The summed E-state index contributed by atoms with van der Waals surface area (Å²) < 4.78 is 5.33. The molecule has 200 valence electrons. The Hall–Kier alpha value is -3.37. The van der Waals surface area contributed by atoms with E-state index in [-0.39, 0.29) is 18.0 Å². The third-order valence-electron chi connectivity index (χ3n) is 7.10. The first-order chi connectivity index (χ1) is 17.6. The van der Waals surface area contributed by atoms with Gasteiger partial charge in [-0.25, -0.2) is 9.78 Å². The molecule has 4 heterocycles. The number of aromatic amines is 1. The van der Waals surface area contributed by atoms with Gasteiger partial charge in [0.15, 0.2) is 5.82 Å². The average Bonchev–Trinajstić information content (AvgIpc) is 3.54. The maximum absolute atomic E-state index is 13.4. The van der Waals surface area contributed by atoms with Crippen LogP contribution in [-0.2, 0) is 22.4 Å².